The number of piperidine rings is 1. The van der Waals surface area contributed by atoms with E-state index < -0.39 is 0 Å². The van der Waals surface area contributed by atoms with Crippen LogP contribution < -0.4 is 5.32 Å². The molecule has 3 heterocycles. The van der Waals surface area contributed by atoms with Gasteiger partial charge in [-0.25, -0.2) is 0 Å². The van der Waals surface area contributed by atoms with Gasteiger partial charge in [0.25, 0.3) is 5.91 Å². The van der Waals surface area contributed by atoms with Crippen LogP contribution in [0.25, 0.3) is 0 Å². The summed E-state index contributed by atoms with van der Waals surface area (Å²) in [5.74, 6) is 0.0275. The van der Waals surface area contributed by atoms with Crippen LogP contribution in [-0.2, 0) is 16.0 Å². The second-order valence-electron chi connectivity index (χ2n) is 7.94. The lowest BCUT2D eigenvalue weighted by atomic mass is 10.0. The summed E-state index contributed by atoms with van der Waals surface area (Å²) in [4.78, 5) is 42.9. The second kappa shape index (κ2) is 9.43. The lowest BCUT2D eigenvalue weighted by molar-refractivity contribution is -0.144. The molecule has 1 aromatic carbocycles. The number of thiophene rings is 1. The number of hydrogen-bond acceptors (Lipinski definition) is 4. The predicted molar refractivity (Wildman–Crippen MR) is 116 cm³/mol. The van der Waals surface area contributed by atoms with Gasteiger partial charge >= 0.3 is 0 Å². The predicted octanol–water partition coefficient (Wildman–Crippen LogP) is 2.70. The minimum atomic E-state index is -0.340. The maximum Gasteiger partial charge on any atom is 0.251 e. The minimum absolute atomic E-state index is 0.0401. The van der Waals surface area contributed by atoms with E-state index in [2.05, 4.69) is 5.32 Å². The van der Waals surface area contributed by atoms with Gasteiger partial charge in [0.1, 0.15) is 6.04 Å². The van der Waals surface area contributed by atoms with Crippen molar-refractivity contribution in [3.8, 4) is 0 Å². The van der Waals surface area contributed by atoms with Crippen molar-refractivity contribution in [2.45, 2.75) is 44.2 Å². The molecule has 0 saturated carbocycles. The maximum absolute atomic E-state index is 13.1. The molecule has 2 aliphatic heterocycles. The smallest absolute Gasteiger partial charge is 0.251 e. The van der Waals surface area contributed by atoms with Crippen LogP contribution in [-0.4, -0.2) is 59.2 Å². The Morgan fingerprint density at radius 2 is 1.73 bits per heavy atom. The van der Waals surface area contributed by atoms with Gasteiger partial charge in [-0.15, -0.1) is 11.3 Å². The summed E-state index contributed by atoms with van der Waals surface area (Å²) in [7, 11) is 0. The molecule has 1 atom stereocenters. The Kier molecular flexibility index (Phi) is 6.47. The molecule has 2 saturated heterocycles. The van der Waals surface area contributed by atoms with Crippen molar-refractivity contribution < 1.29 is 14.4 Å². The third-order valence-electron chi connectivity index (χ3n) is 5.94. The highest BCUT2D eigenvalue weighted by atomic mass is 32.1. The summed E-state index contributed by atoms with van der Waals surface area (Å²) in [6.45, 7) is 1.88. The standard InChI is InChI=1S/C23H27N3O3S/c27-21(16-19-8-5-15-30-19)26-12-4-9-20(26)23(29)25-13-10-18(11-14-25)24-22(28)17-6-2-1-3-7-17/h1-3,5-8,15,18,20H,4,9-14,16H2,(H,24,28)/t20-/m0/s1. The Morgan fingerprint density at radius 3 is 2.43 bits per heavy atom. The number of carbonyl (C=O) groups excluding carboxylic acids is 3. The van der Waals surface area contributed by atoms with Gasteiger partial charge in [-0.1, -0.05) is 24.3 Å². The van der Waals surface area contributed by atoms with Crippen molar-refractivity contribution in [3.63, 3.8) is 0 Å². The molecule has 2 aliphatic rings. The molecule has 158 valence electrons. The van der Waals surface area contributed by atoms with Crippen LogP contribution in [0.1, 0.15) is 40.9 Å². The third-order valence-corrected chi connectivity index (χ3v) is 6.82. The summed E-state index contributed by atoms with van der Waals surface area (Å²) >= 11 is 1.57. The fraction of sp³-hybridized carbons (Fsp3) is 0.435. The van der Waals surface area contributed by atoms with E-state index in [1.54, 1.807) is 28.4 Å². The van der Waals surface area contributed by atoms with Crippen molar-refractivity contribution in [1.82, 2.24) is 15.1 Å². The van der Waals surface area contributed by atoms with Crippen LogP contribution in [0.15, 0.2) is 47.8 Å². The van der Waals surface area contributed by atoms with Crippen molar-refractivity contribution in [2.75, 3.05) is 19.6 Å². The zero-order chi connectivity index (χ0) is 20.9. The largest absolute Gasteiger partial charge is 0.349 e. The molecule has 1 N–H and O–H groups in total. The molecule has 6 nitrogen and oxygen atoms in total. The Labute approximate surface area is 180 Å². The summed E-state index contributed by atoms with van der Waals surface area (Å²) < 4.78 is 0. The number of hydrogen-bond donors (Lipinski definition) is 1. The van der Waals surface area contributed by atoms with E-state index in [1.165, 1.54) is 0 Å². The summed E-state index contributed by atoms with van der Waals surface area (Å²) in [5, 5.41) is 5.04. The van der Waals surface area contributed by atoms with Gasteiger partial charge in [0.2, 0.25) is 11.8 Å². The van der Waals surface area contributed by atoms with E-state index in [0.717, 1.165) is 30.6 Å². The summed E-state index contributed by atoms with van der Waals surface area (Å²) in [6, 6.07) is 12.8. The first-order valence-corrected chi connectivity index (χ1v) is 11.5. The van der Waals surface area contributed by atoms with Crippen LogP contribution in [0.3, 0.4) is 0 Å². The van der Waals surface area contributed by atoms with E-state index in [1.807, 2.05) is 40.6 Å². The SMILES string of the molecule is O=C(NC1CCN(C(=O)[C@@H]2CCCN2C(=O)Cc2cccs2)CC1)c1ccccc1. The first-order valence-electron chi connectivity index (χ1n) is 10.6. The number of benzene rings is 1. The third kappa shape index (κ3) is 4.73. The molecule has 2 aromatic rings. The van der Waals surface area contributed by atoms with Gasteiger partial charge in [0.15, 0.2) is 0 Å². The van der Waals surface area contributed by atoms with Gasteiger partial charge in [-0.2, -0.15) is 0 Å². The second-order valence-corrected chi connectivity index (χ2v) is 8.97. The molecule has 0 radical (unpaired) electrons. The molecule has 1 aromatic heterocycles. The number of nitrogens with zero attached hydrogens (tertiary/aromatic N) is 2. The van der Waals surface area contributed by atoms with E-state index in [4.69, 9.17) is 0 Å². The summed E-state index contributed by atoms with van der Waals surface area (Å²) in [5.41, 5.74) is 0.654. The number of rotatable bonds is 5. The molecule has 30 heavy (non-hydrogen) atoms. The molecule has 7 heteroatoms. The van der Waals surface area contributed by atoms with Crippen molar-refractivity contribution in [2.24, 2.45) is 0 Å². The molecular formula is C23H27N3O3S. The first kappa shape index (κ1) is 20.6. The molecule has 0 unspecified atom stereocenters. The van der Waals surface area contributed by atoms with Crippen LogP contribution >= 0.6 is 11.3 Å². The quantitative estimate of drug-likeness (QED) is 0.801. The number of amides is 3. The van der Waals surface area contributed by atoms with Gasteiger partial charge in [0, 0.05) is 36.1 Å². The lowest BCUT2D eigenvalue weighted by Crippen LogP contribution is -2.52. The van der Waals surface area contributed by atoms with Gasteiger partial charge < -0.3 is 15.1 Å². The average molecular weight is 426 g/mol. The molecule has 0 aliphatic carbocycles. The van der Waals surface area contributed by atoms with Gasteiger partial charge in [-0.3, -0.25) is 14.4 Å². The van der Waals surface area contributed by atoms with E-state index in [-0.39, 0.29) is 29.8 Å². The fourth-order valence-electron chi connectivity index (χ4n) is 4.30. The Hall–Kier alpha value is -2.67. The Bertz CT molecular complexity index is 876. The molecule has 4 rings (SSSR count). The number of likely N-dealkylation sites (tertiary alicyclic amines) is 2. The van der Waals surface area contributed by atoms with Crippen molar-refractivity contribution in [3.05, 3.63) is 58.3 Å². The molecular weight excluding hydrogens is 398 g/mol. The molecule has 2 fully saturated rings. The molecule has 0 spiro atoms. The molecule has 0 bridgehead atoms. The first-order chi connectivity index (χ1) is 14.6. The number of carbonyl (C=O) groups is 3. The van der Waals surface area contributed by atoms with Crippen LogP contribution in [0, 0.1) is 0 Å². The van der Waals surface area contributed by atoms with E-state index in [9.17, 15) is 14.4 Å². The number of nitrogens with one attached hydrogen (secondary N) is 1. The van der Waals surface area contributed by atoms with Crippen LogP contribution in [0.5, 0.6) is 0 Å². The van der Waals surface area contributed by atoms with Crippen molar-refractivity contribution in [1.29, 1.82) is 0 Å². The van der Waals surface area contributed by atoms with Crippen molar-refractivity contribution >= 4 is 29.1 Å². The average Bonchev–Trinajstić information content (AvgIpc) is 3.46. The maximum atomic E-state index is 13.1. The van der Waals surface area contributed by atoms with Crippen LogP contribution in [0.2, 0.25) is 0 Å². The molecule has 3 amide bonds. The minimum Gasteiger partial charge on any atom is -0.349 e. The monoisotopic (exact) mass is 425 g/mol. The van der Waals surface area contributed by atoms with E-state index >= 15 is 0 Å². The highest BCUT2D eigenvalue weighted by Crippen LogP contribution is 2.23. The normalized spacial score (nSPS) is 19.7. The Morgan fingerprint density at radius 1 is 0.967 bits per heavy atom. The highest BCUT2D eigenvalue weighted by molar-refractivity contribution is 7.10. The highest BCUT2D eigenvalue weighted by Gasteiger charge is 2.37. The van der Waals surface area contributed by atoms with E-state index in [0.29, 0.717) is 31.6 Å². The van der Waals surface area contributed by atoms with Crippen LogP contribution in [0.4, 0.5) is 0 Å². The summed E-state index contributed by atoms with van der Waals surface area (Å²) in [6.07, 6.45) is 3.45. The topological polar surface area (TPSA) is 69.7 Å². The Balaban J connectivity index is 1.29. The zero-order valence-electron chi connectivity index (χ0n) is 17.0. The lowest BCUT2D eigenvalue weighted by Gasteiger charge is -2.35. The van der Waals surface area contributed by atoms with Gasteiger partial charge in [0.05, 0.1) is 6.42 Å². The zero-order valence-corrected chi connectivity index (χ0v) is 17.8. The van der Waals surface area contributed by atoms with Gasteiger partial charge in [-0.05, 0) is 49.3 Å². The fourth-order valence-corrected chi connectivity index (χ4v) is 4.99.